The lowest BCUT2D eigenvalue weighted by Gasteiger charge is -2.24. The van der Waals surface area contributed by atoms with Gasteiger partial charge in [0.15, 0.2) is 6.10 Å². The molecule has 27 heavy (non-hydrogen) atoms. The Labute approximate surface area is 159 Å². The van der Waals surface area contributed by atoms with Crippen molar-refractivity contribution in [1.82, 2.24) is 5.32 Å². The van der Waals surface area contributed by atoms with Gasteiger partial charge in [0.05, 0.1) is 6.10 Å². The summed E-state index contributed by atoms with van der Waals surface area (Å²) in [4.78, 5) is 24.6. The number of hydrogen-bond donors (Lipinski definition) is 2. The zero-order valence-corrected chi connectivity index (χ0v) is 15.2. The fraction of sp³-hybridized carbons (Fsp3) is 0.364. The summed E-state index contributed by atoms with van der Waals surface area (Å²) in [5, 5.41) is 12.2. The van der Waals surface area contributed by atoms with Crippen LogP contribution in [0.5, 0.6) is 0 Å². The van der Waals surface area contributed by atoms with Gasteiger partial charge in [0.25, 0.3) is 5.91 Å². The van der Waals surface area contributed by atoms with Gasteiger partial charge in [0.1, 0.15) is 6.04 Å². The number of aliphatic carboxylic acids is 1. The number of nitrogens with one attached hydrogen (secondary N) is 1. The second kappa shape index (κ2) is 9.33. The van der Waals surface area contributed by atoms with Crippen molar-refractivity contribution in [3.63, 3.8) is 0 Å². The lowest BCUT2D eigenvalue weighted by atomic mass is 10.0. The van der Waals surface area contributed by atoms with Crippen molar-refractivity contribution >= 4 is 11.9 Å². The average Bonchev–Trinajstić information content (AvgIpc) is 3.20. The topological polar surface area (TPSA) is 75.6 Å². The number of carboxylic acid groups (broad SMARTS) is 1. The molecule has 0 radical (unpaired) electrons. The normalized spacial score (nSPS) is 16.6. The number of carbonyl (C=O) groups excluding carboxylic acids is 1. The Morgan fingerprint density at radius 1 is 1.00 bits per heavy atom. The molecule has 0 unspecified atom stereocenters. The average molecular weight is 367 g/mol. The Kier molecular flexibility index (Phi) is 6.60. The van der Waals surface area contributed by atoms with Gasteiger partial charge in [-0.1, -0.05) is 73.5 Å². The van der Waals surface area contributed by atoms with Crippen LogP contribution in [0.15, 0.2) is 60.7 Å². The minimum Gasteiger partial charge on any atom is -0.480 e. The van der Waals surface area contributed by atoms with Crippen LogP contribution in [-0.4, -0.2) is 29.1 Å². The molecule has 0 aromatic heterocycles. The standard InChI is InChI=1S/C22H25NO4/c24-21(23-19(22(25)26)15-16-9-3-1-4-10-16)20(17-11-5-2-6-12-17)27-18-13-7-8-14-18/h1-6,9-12,18-20H,7-8,13-15H2,(H,23,24)(H,25,26)/t19-,20-/m1/s1. The fourth-order valence-corrected chi connectivity index (χ4v) is 3.43. The van der Waals surface area contributed by atoms with Crippen molar-refractivity contribution in [3.05, 3.63) is 71.8 Å². The number of hydrogen-bond acceptors (Lipinski definition) is 3. The molecular formula is C22H25NO4. The maximum Gasteiger partial charge on any atom is 0.326 e. The van der Waals surface area contributed by atoms with E-state index in [1.165, 1.54) is 0 Å². The van der Waals surface area contributed by atoms with Crippen LogP contribution in [0.3, 0.4) is 0 Å². The number of carbonyl (C=O) groups is 2. The first-order valence-electron chi connectivity index (χ1n) is 9.41. The molecule has 0 spiro atoms. The van der Waals surface area contributed by atoms with E-state index in [-0.39, 0.29) is 12.5 Å². The molecule has 1 aliphatic carbocycles. The molecule has 2 aromatic carbocycles. The molecule has 1 fully saturated rings. The third kappa shape index (κ3) is 5.41. The van der Waals surface area contributed by atoms with Crippen LogP contribution < -0.4 is 5.32 Å². The van der Waals surface area contributed by atoms with Crippen molar-refractivity contribution in [2.75, 3.05) is 0 Å². The Bertz CT molecular complexity index is 741. The molecule has 0 aliphatic heterocycles. The molecule has 0 heterocycles. The van der Waals surface area contributed by atoms with Crippen molar-refractivity contribution in [2.45, 2.75) is 50.4 Å². The second-order valence-corrected chi connectivity index (χ2v) is 6.92. The van der Waals surface area contributed by atoms with E-state index in [1.807, 2.05) is 60.7 Å². The molecule has 0 saturated heterocycles. The summed E-state index contributed by atoms with van der Waals surface area (Å²) in [6.45, 7) is 0. The summed E-state index contributed by atoms with van der Waals surface area (Å²) in [5.41, 5.74) is 1.60. The minimum atomic E-state index is -1.06. The maximum atomic E-state index is 12.9. The molecular weight excluding hydrogens is 342 g/mol. The van der Waals surface area contributed by atoms with Crippen molar-refractivity contribution in [2.24, 2.45) is 0 Å². The first-order chi connectivity index (χ1) is 13.1. The molecule has 1 aliphatic rings. The van der Waals surface area contributed by atoms with E-state index >= 15 is 0 Å². The van der Waals surface area contributed by atoms with E-state index in [0.29, 0.717) is 0 Å². The van der Waals surface area contributed by atoms with Crippen molar-refractivity contribution < 1.29 is 19.4 Å². The SMILES string of the molecule is O=C(O)[C@@H](Cc1ccccc1)NC(=O)[C@H](OC1CCCC1)c1ccccc1. The summed E-state index contributed by atoms with van der Waals surface area (Å²) in [6.07, 6.45) is 3.53. The summed E-state index contributed by atoms with van der Waals surface area (Å²) in [7, 11) is 0. The molecule has 5 nitrogen and oxygen atoms in total. The highest BCUT2D eigenvalue weighted by atomic mass is 16.5. The van der Waals surface area contributed by atoms with Gasteiger partial charge in [-0.2, -0.15) is 0 Å². The Balaban J connectivity index is 1.74. The summed E-state index contributed by atoms with van der Waals surface area (Å²) < 4.78 is 6.09. The Morgan fingerprint density at radius 3 is 2.19 bits per heavy atom. The maximum absolute atomic E-state index is 12.9. The number of rotatable bonds is 8. The van der Waals surface area contributed by atoms with Crippen molar-refractivity contribution in [3.8, 4) is 0 Å². The van der Waals surface area contributed by atoms with Crippen LogP contribution in [0.25, 0.3) is 0 Å². The lowest BCUT2D eigenvalue weighted by Crippen LogP contribution is -2.45. The first kappa shape index (κ1) is 19.1. The number of benzene rings is 2. The van der Waals surface area contributed by atoms with Gasteiger partial charge in [-0.05, 0) is 24.0 Å². The number of amides is 1. The molecule has 2 aromatic rings. The summed E-state index contributed by atoms with van der Waals surface area (Å²) >= 11 is 0. The highest BCUT2D eigenvalue weighted by Crippen LogP contribution is 2.28. The molecule has 1 saturated carbocycles. The van der Waals surface area contributed by atoms with Gasteiger partial charge in [0.2, 0.25) is 0 Å². The van der Waals surface area contributed by atoms with Crippen LogP contribution in [0.2, 0.25) is 0 Å². The van der Waals surface area contributed by atoms with Crippen LogP contribution in [0, 0.1) is 0 Å². The van der Waals surface area contributed by atoms with E-state index in [9.17, 15) is 14.7 Å². The monoisotopic (exact) mass is 367 g/mol. The van der Waals surface area contributed by atoms with Gasteiger partial charge in [-0.25, -0.2) is 4.79 Å². The number of ether oxygens (including phenoxy) is 1. The zero-order chi connectivity index (χ0) is 19.1. The molecule has 0 bridgehead atoms. The molecule has 1 amide bonds. The van der Waals surface area contributed by atoms with E-state index in [1.54, 1.807) is 0 Å². The summed E-state index contributed by atoms with van der Waals surface area (Å²) in [6, 6.07) is 17.5. The second-order valence-electron chi connectivity index (χ2n) is 6.92. The van der Waals surface area contributed by atoms with E-state index < -0.39 is 24.0 Å². The Hall–Kier alpha value is -2.66. The molecule has 3 rings (SSSR count). The quantitative estimate of drug-likeness (QED) is 0.749. The first-order valence-corrected chi connectivity index (χ1v) is 9.41. The molecule has 2 N–H and O–H groups in total. The van der Waals surface area contributed by atoms with Gasteiger partial charge in [0, 0.05) is 6.42 Å². The predicted molar refractivity (Wildman–Crippen MR) is 102 cm³/mol. The minimum absolute atomic E-state index is 0.0401. The van der Waals surface area contributed by atoms with Crippen molar-refractivity contribution in [1.29, 1.82) is 0 Å². The lowest BCUT2D eigenvalue weighted by molar-refractivity contribution is -0.146. The molecule has 5 heteroatoms. The van der Waals surface area contributed by atoms with Gasteiger partial charge >= 0.3 is 5.97 Å². The highest BCUT2D eigenvalue weighted by Gasteiger charge is 2.30. The van der Waals surface area contributed by atoms with Gasteiger partial charge < -0.3 is 15.2 Å². The van der Waals surface area contributed by atoms with E-state index in [2.05, 4.69) is 5.32 Å². The molecule has 142 valence electrons. The fourth-order valence-electron chi connectivity index (χ4n) is 3.43. The van der Waals surface area contributed by atoms with Crippen LogP contribution in [0.4, 0.5) is 0 Å². The molecule has 2 atom stereocenters. The smallest absolute Gasteiger partial charge is 0.326 e. The Morgan fingerprint density at radius 2 is 1.59 bits per heavy atom. The third-order valence-electron chi connectivity index (χ3n) is 4.87. The highest BCUT2D eigenvalue weighted by molar-refractivity contribution is 5.87. The van der Waals surface area contributed by atoms with Crippen LogP contribution in [-0.2, 0) is 20.7 Å². The van der Waals surface area contributed by atoms with Crippen LogP contribution in [0.1, 0.15) is 42.9 Å². The van der Waals surface area contributed by atoms with Crippen LogP contribution >= 0.6 is 0 Å². The number of carboxylic acids is 1. The van der Waals surface area contributed by atoms with E-state index in [4.69, 9.17) is 4.74 Å². The summed E-state index contributed by atoms with van der Waals surface area (Å²) in [5.74, 6) is -1.46. The van der Waals surface area contributed by atoms with Gasteiger partial charge in [-0.3, -0.25) is 4.79 Å². The predicted octanol–water partition coefficient (Wildman–Crippen LogP) is 3.50. The third-order valence-corrected chi connectivity index (χ3v) is 4.87. The largest absolute Gasteiger partial charge is 0.480 e. The van der Waals surface area contributed by atoms with Gasteiger partial charge in [-0.15, -0.1) is 0 Å². The van der Waals surface area contributed by atoms with E-state index in [0.717, 1.165) is 36.8 Å². The zero-order valence-electron chi connectivity index (χ0n) is 15.2.